The number of fused-ring (bicyclic) bond motifs is 1. The molecule has 0 amide bonds. The Morgan fingerprint density at radius 2 is 1.41 bits per heavy atom. The largest absolute Gasteiger partial charge is 2.00 e. The number of benzene rings is 2. The van der Waals surface area contributed by atoms with E-state index in [1.54, 1.807) is 0 Å². The maximum atomic E-state index is 2.26. The van der Waals surface area contributed by atoms with Crippen LogP contribution in [0.15, 0.2) is 60.7 Å². The van der Waals surface area contributed by atoms with E-state index in [0.29, 0.717) is 0 Å². The van der Waals surface area contributed by atoms with Crippen molar-refractivity contribution in [3.8, 4) is 11.1 Å². The van der Waals surface area contributed by atoms with Gasteiger partial charge in [0.05, 0.1) is 0 Å². The topological polar surface area (TPSA) is 0 Å². The molecule has 4 heteroatoms. The first-order valence-corrected chi connectivity index (χ1v) is 5.56. The first-order chi connectivity index (χ1) is 7.84. The molecule has 4 radical (unpaired) electrons. The average Bonchev–Trinajstić information content (AvgIpc) is 2.70. The van der Waals surface area contributed by atoms with E-state index in [-0.39, 0.29) is 76.8 Å². The van der Waals surface area contributed by atoms with Crippen molar-refractivity contribution < 1.29 is 51.0 Å². The van der Waals surface area contributed by atoms with Gasteiger partial charge in [-0.2, -0.15) is 6.07 Å². The SMILES string of the molecule is Cc1cc2c(-c3ccccc3)cccc2[cH-]1.[CH3-].[CH3-].[Cl-].[Cl-].[Si].[Zr+2]. The Morgan fingerprint density at radius 1 is 0.818 bits per heavy atom. The molecular formula is C18H19Cl2SiZr-3. The molecule has 0 unspecified atom stereocenters. The number of hydrogen-bond donors (Lipinski definition) is 0. The van der Waals surface area contributed by atoms with Gasteiger partial charge in [-0.15, -0.1) is 34.5 Å². The summed E-state index contributed by atoms with van der Waals surface area (Å²) in [5.41, 5.74) is 3.95. The third-order valence-corrected chi connectivity index (χ3v) is 2.98. The fourth-order valence-corrected chi connectivity index (χ4v) is 2.25. The van der Waals surface area contributed by atoms with Crippen molar-refractivity contribution in [2.45, 2.75) is 6.92 Å². The Kier molecular flexibility index (Phi) is 17.8. The molecule has 0 N–H and O–H groups in total. The molecule has 3 aromatic rings. The molecule has 116 valence electrons. The van der Waals surface area contributed by atoms with Gasteiger partial charge in [0.15, 0.2) is 0 Å². The van der Waals surface area contributed by atoms with Gasteiger partial charge in [-0.05, 0) is 5.56 Å². The maximum Gasteiger partial charge on any atom is 2.00 e. The van der Waals surface area contributed by atoms with Crippen LogP contribution in [-0.2, 0) is 26.2 Å². The standard InChI is InChI=1S/C16H13.2CH3.2ClH.Si.Zr/c1-12-10-14-8-5-9-15(16(14)11-12)13-6-3-2-4-7-13;;;;;;/h2-11H,1H3;2*1H3;2*1H;;/q3*-1;;;;+2/p-2. The van der Waals surface area contributed by atoms with E-state index in [0.717, 1.165) is 0 Å². The Bertz CT molecular complexity index is 636. The maximum absolute atomic E-state index is 2.26. The third kappa shape index (κ3) is 6.08. The summed E-state index contributed by atoms with van der Waals surface area (Å²) in [5.74, 6) is 0. The molecule has 0 fully saturated rings. The summed E-state index contributed by atoms with van der Waals surface area (Å²) in [5, 5.41) is 2.69. The molecule has 0 saturated carbocycles. The number of halogens is 2. The molecule has 0 atom stereocenters. The van der Waals surface area contributed by atoms with Gasteiger partial charge in [-0.1, -0.05) is 48.9 Å². The minimum Gasteiger partial charge on any atom is -1.00 e. The van der Waals surface area contributed by atoms with Gasteiger partial charge in [0, 0.05) is 11.0 Å². The molecule has 0 aliphatic carbocycles. The van der Waals surface area contributed by atoms with Crippen molar-refractivity contribution in [1.29, 1.82) is 0 Å². The first kappa shape index (κ1) is 29.7. The van der Waals surface area contributed by atoms with E-state index in [1.165, 1.54) is 27.5 Å². The van der Waals surface area contributed by atoms with Gasteiger partial charge in [-0.3, -0.25) is 0 Å². The fraction of sp³-hybridized carbons (Fsp3) is 0.0556. The summed E-state index contributed by atoms with van der Waals surface area (Å²) in [4.78, 5) is 0. The van der Waals surface area contributed by atoms with Crippen LogP contribution in [0.25, 0.3) is 21.9 Å². The van der Waals surface area contributed by atoms with Crippen LogP contribution in [-0.4, -0.2) is 11.0 Å². The molecule has 0 aromatic heterocycles. The smallest absolute Gasteiger partial charge is 1.00 e. The van der Waals surface area contributed by atoms with E-state index in [9.17, 15) is 0 Å². The van der Waals surface area contributed by atoms with E-state index < -0.39 is 0 Å². The molecule has 3 aromatic carbocycles. The van der Waals surface area contributed by atoms with Crippen LogP contribution in [0.1, 0.15) is 5.56 Å². The molecule has 0 spiro atoms. The monoisotopic (exact) mass is 423 g/mol. The Labute approximate surface area is 171 Å². The van der Waals surface area contributed by atoms with Gasteiger partial charge in [-0.25, -0.2) is 0 Å². The molecular weight excluding hydrogens is 406 g/mol. The predicted molar refractivity (Wildman–Crippen MR) is 88.3 cm³/mol. The van der Waals surface area contributed by atoms with Crippen LogP contribution in [0.4, 0.5) is 0 Å². The molecule has 0 nitrogen and oxygen atoms in total. The quantitative estimate of drug-likeness (QED) is 0.349. The predicted octanol–water partition coefficient (Wildman–Crippen LogP) is -0.941. The Balaban J connectivity index is -0.000000270. The van der Waals surface area contributed by atoms with Gasteiger partial charge in [0.1, 0.15) is 0 Å². The third-order valence-electron chi connectivity index (χ3n) is 2.98. The minimum absolute atomic E-state index is 0. The summed E-state index contributed by atoms with van der Waals surface area (Å²) in [6.45, 7) is 2.15. The Hall–Kier alpha value is -0.270. The summed E-state index contributed by atoms with van der Waals surface area (Å²) >= 11 is 0. The summed E-state index contributed by atoms with van der Waals surface area (Å²) in [7, 11) is 0. The molecule has 0 aliphatic heterocycles. The first-order valence-electron chi connectivity index (χ1n) is 5.56. The van der Waals surface area contributed by atoms with Crippen LogP contribution in [0, 0.1) is 21.8 Å². The normalized spacial score (nSPS) is 7.86. The van der Waals surface area contributed by atoms with Crippen molar-refractivity contribution >= 4 is 21.7 Å². The summed E-state index contributed by atoms with van der Waals surface area (Å²) in [6, 6.07) is 21.6. The molecule has 3 rings (SSSR count). The number of rotatable bonds is 1. The number of aryl methyl sites for hydroxylation is 1. The van der Waals surface area contributed by atoms with E-state index in [4.69, 9.17) is 0 Å². The zero-order chi connectivity index (χ0) is 11.0. The van der Waals surface area contributed by atoms with Crippen molar-refractivity contribution in [1.82, 2.24) is 0 Å². The zero-order valence-corrected chi connectivity index (χ0v) is 18.0. The van der Waals surface area contributed by atoms with Crippen LogP contribution in [0.5, 0.6) is 0 Å². The van der Waals surface area contributed by atoms with Crippen molar-refractivity contribution in [2.75, 3.05) is 0 Å². The zero-order valence-electron chi connectivity index (χ0n) is 13.0. The van der Waals surface area contributed by atoms with Crippen molar-refractivity contribution in [2.24, 2.45) is 0 Å². The Morgan fingerprint density at radius 3 is 2.00 bits per heavy atom. The van der Waals surface area contributed by atoms with Crippen LogP contribution in [0.3, 0.4) is 0 Å². The van der Waals surface area contributed by atoms with Gasteiger partial charge in [0.25, 0.3) is 0 Å². The van der Waals surface area contributed by atoms with Gasteiger partial charge in [0.2, 0.25) is 0 Å². The van der Waals surface area contributed by atoms with E-state index in [2.05, 4.69) is 67.6 Å². The summed E-state index contributed by atoms with van der Waals surface area (Å²) in [6.07, 6.45) is 0. The molecule has 0 saturated heterocycles. The molecule has 0 aliphatic rings. The van der Waals surface area contributed by atoms with E-state index >= 15 is 0 Å². The fourth-order valence-electron chi connectivity index (χ4n) is 2.25. The van der Waals surface area contributed by atoms with Crippen LogP contribution in [0.2, 0.25) is 0 Å². The van der Waals surface area contributed by atoms with Gasteiger partial charge < -0.3 is 39.7 Å². The molecule has 0 heterocycles. The van der Waals surface area contributed by atoms with Crippen molar-refractivity contribution in [3.05, 3.63) is 81.1 Å². The van der Waals surface area contributed by atoms with Crippen LogP contribution < -0.4 is 24.8 Å². The second-order valence-corrected chi connectivity index (χ2v) is 4.21. The second-order valence-electron chi connectivity index (χ2n) is 4.21. The summed E-state index contributed by atoms with van der Waals surface area (Å²) < 4.78 is 0. The number of hydrogen-bond acceptors (Lipinski definition) is 0. The van der Waals surface area contributed by atoms with E-state index in [1.807, 2.05) is 0 Å². The molecule has 22 heavy (non-hydrogen) atoms. The molecule has 0 bridgehead atoms. The van der Waals surface area contributed by atoms with Crippen LogP contribution >= 0.6 is 0 Å². The second kappa shape index (κ2) is 13.2. The minimum atomic E-state index is 0. The van der Waals surface area contributed by atoms with Crippen molar-refractivity contribution in [3.63, 3.8) is 0 Å². The average molecular weight is 426 g/mol. The van der Waals surface area contributed by atoms with Gasteiger partial charge >= 0.3 is 26.2 Å².